The summed E-state index contributed by atoms with van der Waals surface area (Å²) >= 11 is 6.38. The molecule has 1 heterocycles. The lowest BCUT2D eigenvalue weighted by molar-refractivity contribution is -0.127. The quantitative estimate of drug-likeness (QED) is 0.587. The number of aliphatic hydroxyl groups excluding tert-OH is 1. The molecule has 2 atom stereocenters. The van der Waals surface area contributed by atoms with Gasteiger partial charge in [0.15, 0.2) is 6.10 Å². The highest BCUT2D eigenvalue weighted by atomic mass is 35.5. The lowest BCUT2D eigenvalue weighted by Crippen LogP contribution is -2.38. The maximum Gasteiger partial charge on any atom is 0.339 e. The summed E-state index contributed by atoms with van der Waals surface area (Å²) in [5.74, 6) is -0.131. The van der Waals surface area contributed by atoms with Crippen LogP contribution in [-0.2, 0) is 17.6 Å². The zero-order valence-electron chi connectivity index (χ0n) is 16.5. The molecule has 0 radical (unpaired) electrons. The Bertz CT molecular complexity index is 1140. The Kier molecular flexibility index (Phi) is 5.79. The van der Waals surface area contributed by atoms with E-state index in [1.807, 2.05) is 18.2 Å². The van der Waals surface area contributed by atoms with Crippen molar-refractivity contribution in [3.63, 3.8) is 0 Å². The van der Waals surface area contributed by atoms with Crippen molar-refractivity contribution in [1.29, 1.82) is 0 Å². The number of rotatable bonds is 6. The Labute approximate surface area is 178 Å². The minimum Gasteiger partial charge on any atom is -0.479 e. The summed E-state index contributed by atoms with van der Waals surface area (Å²) in [5, 5.41) is 14.0. The van der Waals surface area contributed by atoms with Gasteiger partial charge in [-0.15, -0.1) is 0 Å². The first kappa shape index (κ1) is 20.4. The first-order chi connectivity index (χ1) is 14.4. The number of carbonyl (C=O) groups excluding carboxylic acids is 1. The van der Waals surface area contributed by atoms with Gasteiger partial charge in [0.1, 0.15) is 11.3 Å². The summed E-state index contributed by atoms with van der Waals surface area (Å²) in [6.07, 6.45) is 0.778. The molecule has 4 rings (SSSR count). The van der Waals surface area contributed by atoms with Crippen LogP contribution in [0.5, 0.6) is 5.75 Å². The van der Waals surface area contributed by atoms with Gasteiger partial charge >= 0.3 is 5.63 Å². The molecule has 0 unspecified atom stereocenters. The predicted octanol–water partition coefficient (Wildman–Crippen LogP) is 3.55. The molecule has 3 aromatic rings. The molecule has 1 amide bonds. The van der Waals surface area contributed by atoms with Gasteiger partial charge in [-0.3, -0.25) is 4.79 Å². The third kappa shape index (κ3) is 4.06. The summed E-state index contributed by atoms with van der Waals surface area (Å²) in [5.41, 5.74) is 2.48. The van der Waals surface area contributed by atoms with Gasteiger partial charge in [0.25, 0.3) is 5.91 Å². The second kappa shape index (κ2) is 8.50. The molecule has 2 aromatic carbocycles. The van der Waals surface area contributed by atoms with E-state index in [1.54, 1.807) is 31.2 Å². The summed E-state index contributed by atoms with van der Waals surface area (Å²) in [6, 6.07) is 12.4. The van der Waals surface area contributed by atoms with Crippen molar-refractivity contribution in [2.45, 2.75) is 38.4 Å². The molecule has 0 fully saturated rings. The smallest absolute Gasteiger partial charge is 0.339 e. The minimum atomic E-state index is -0.857. The summed E-state index contributed by atoms with van der Waals surface area (Å²) in [7, 11) is 0. The van der Waals surface area contributed by atoms with Crippen LogP contribution in [0.25, 0.3) is 11.0 Å². The third-order valence-corrected chi connectivity index (χ3v) is 5.65. The van der Waals surface area contributed by atoms with Gasteiger partial charge in [0.2, 0.25) is 0 Å². The molecule has 1 aromatic heterocycles. The van der Waals surface area contributed by atoms with Crippen LogP contribution >= 0.6 is 11.6 Å². The molecule has 0 saturated heterocycles. The van der Waals surface area contributed by atoms with E-state index < -0.39 is 18.1 Å². The van der Waals surface area contributed by atoms with Crippen LogP contribution in [0.3, 0.4) is 0 Å². The number of halogens is 1. The van der Waals surface area contributed by atoms with Crippen LogP contribution in [0.4, 0.5) is 0 Å². The van der Waals surface area contributed by atoms with E-state index in [4.69, 9.17) is 20.8 Å². The molecule has 0 bridgehead atoms. The average Bonchev–Trinajstić information content (AvgIpc) is 3.24. The molecule has 2 N–H and O–H groups in total. The highest BCUT2D eigenvalue weighted by Gasteiger charge is 2.22. The Balaban J connectivity index is 1.47. The van der Waals surface area contributed by atoms with Crippen LogP contribution in [0, 0.1) is 0 Å². The Morgan fingerprint density at radius 2 is 1.97 bits per heavy atom. The van der Waals surface area contributed by atoms with Crippen molar-refractivity contribution in [2.75, 3.05) is 6.54 Å². The van der Waals surface area contributed by atoms with Crippen LogP contribution in [-0.4, -0.2) is 23.7 Å². The largest absolute Gasteiger partial charge is 0.479 e. The van der Waals surface area contributed by atoms with Crippen LogP contribution < -0.4 is 15.7 Å². The van der Waals surface area contributed by atoms with Crippen LogP contribution in [0.2, 0.25) is 5.02 Å². The number of fused-ring (bicyclic) bond motifs is 3. The van der Waals surface area contributed by atoms with E-state index in [0.29, 0.717) is 16.2 Å². The molecule has 30 heavy (non-hydrogen) atoms. The molecule has 6 nitrogen and oxygen atoms in total. The molecule has 1 aliphatic rings. The molecular formula is C23H22ClNO5. The Hall–Kier alpha value is -2.83. The van der Waals surface area contributed by atoms with E-state index >= 15 is 0 Å². The van der Waals surface area contributed by atoms with Crippen molar-refractivity contribution in [3.8, 4) is 5.75 Å². The normalized spacial score (nSPS) is 14.9. The second-order valence-electron chi connectivity index (χ2n) is 7.41. The zero-order chi connectivity index (χ0) is 21.3. The topological polar surface area (TPSA) is 88.8 Å². The SMILES string of the molecule is C[C@@H](Oc1cc2oc(=O)c3c(c2cc1Cl)CCC3)C(=O)NC[C@@H](O)c1ccccc1. The fourth-order valence-corrected chi connectivity index (χ4v) is 3.96. The highest BCUT2D eigenvalue weighted by molar-refractivity contribution is 6.32. The number of ether oxygens (including phenoxy) is 1. The van der Waals surface area contributed by atoms with Crippen molar-refractivity contribution >= 4 is 28.5 Å². The summed E-state index contributed by atoms with van der Waals surface area (Å²) in [6.45, 7) is 1.65. The van der Waals surface area contributed by atoms with Gasteiger partial charge in [-0.2, -0.15) is 0 Å². The number of nitrogens with one attached hydrogen (secondary N) is 1. The van der Waals surface area contributed by atoms with E-state index in [2.05, 4.69) is 5.32 Å². The van der Waals surface area contributed by atoms with Gasteiger partial charge in [0, 0.05) is 23.6 Å². The van der Waals surface area contributed by atoms with Gasteiger partial charge in [0.05, 0.1) is 11.1 Å². The number of amides is 1. The number of benzene rings is 2. The lowest BCUT2D eigenvalue weighted by Gasteiger charge is -2.18. The monoisotopic (exact) mass is 427 g/mol. The highest BCUT2D eigenvalue weighted by Crippen LogP contribution is 2.35. The first-order valence-electron chi connectivity index (χ1n) is 9.89. The number of hydrogen-bond donors (Lipinski definition) is 2. The Morgan fingerprint density at radius 1 is 1.23 bits per heavy atom. The fourth-order valence-electron chi connectivity index (χ4n) is 3.75. The average molecular weight is 428 g/mol. The van der Waals surface area contributed by atoms with E-state index in [9.17, 15) is 14.7 Å². The molecule has 0 aliphatic heterocycles. The van der Waals surface area contributed by atoms with Gasteiger partial charge < -0.3 is 19.6 Å². The second-order valence-corrected chi connectivity index (χ2v) is 7.82. The van der Waals surface area contributed by atoms with Crippen LogP contribution in [0.1, 0.15) is 36.1 Å². The lowest BCUT2D eigenvalue weighted by atomic mass is 10.1. The number of aliphatic hydroxyl groups is 1. The van der Waals surface area contributed by atoms with Crippen molar-refractivity contribution in [1.82, 2.24) is 5.32 Å². The number of carbonyl (C=O) groups is 1. The maximum atomic E-state index is 12.4. The van der Waals surface area contributed by atoms with Crippen molar-refractivity contribution < 1.29 is 19.1 Å². The first-order valence-corrected chi connectivity index (χ1v) is 10.3. The van der Waals surface area contributed by atoms with Gasteiger partial charge in [-0.05, 0) is 43.4 Å². The van der Waals surface area contributed by atoms with Gasteiger partial charge in [-0.1, -0.05) is 41.9 Å². The number of hydrogen-bond acceptors (Lipinski definition) is 5. The molecule has 0 saturated carbocycles. The van der Waals surface area contributed by atoms with E-state index in [-0.39, 0.29) is 17.9 Å². The summed E-state index contributed by atoms with van der Waals surface area (Å²) in [4.78, 5) is 24.6. The zero-order valence-corrected chi connectivity index (χ0v) is 17.2. The molecular weight excluding hydrogens is 406 g/mol. The fraction of sp³-hybridized carbons (Fsp3) is 0.304. The predicted molar refractivity (Wildman–Crippen MR) is 114 cm³/mol. The third-order valence-electron chi connectivity index (χ3n) is 5.35. The van der Waals surface area contributed by atoms with E-state index in [0.717, 1.165) is 35.8 Å². The molecule has 1 aliphatic carbocycles. The molecule has 7 heteroatoms. The minimum absolute atomic E-state index is 0.0585. The summed E-state index contributed by atoms with van der Waals surface area (Å²) < 4.78 is 11.2. The van der Waals surface area contributed by atoms with Crippen molar-refractivity contribution in [2.24, 2.45) is 0 Å². The standard InChI is InChI=1S/C23H22ClNO5/c1-13(22(27)25-12-19(26)14-6-3-2-4-7-14)29-21-11-20-17(10-18(21)24)15-8-5-9-16(15)23(28)30-20/h2-4,6-7,10-11,13,19,26H,5,8-9,12H2,1H3,(H,25,27)/t13-,19-/m1/s1. The molecule has 156 valence electrons. The van der Waals surface area contributed by atoms with Crippen molar-refractivity contribution in [3.05, 3.63) is 74.6 Å². The maximum absolute atomic E-state index is 12.4. The number of aryl methyl sites for hydroxylation is 1. The molecule has 0 spiro atoms. The van der Waals surface area contributed by atoms with E-state index in [1.165, 1.54) is 0 Å². The Morgan fingerprint density at radius 3 is 2.73 bits per heavy atom. The van der Waals surface area contributed by atoms with Crippen LogP contribution in [0.15, 0.2) is 51.7 Å². The van der Waals surface area contributed by atoms with Gasteiger partial charge in [-0.25, -0.2) is 4.79 Å².